The minimum atomic E-state index is -1.17. The van der Waals surface area contributed by atoms with E-state index in [1.165, 1.54) is 24.3 Å². The zero-order chi connectivity index (χ0) is 19.9. The molecule has 0 saturated heterocycles. The number of esters is 1. The number of ether oxygens (including phenoxy) is 2. The Balaban J connectivity index is 0.000000604. The van der Waals surface area contributed by atoms with Gasteiger partial charge in [-0.05, 0) is 30.3 Å². The van der Waals surface area contributed by atoms with Gasteiger partial charge in [-0.1, -0.05) is 18.2 Å². The molecule has 0 radical (unpaired) electrons. The molecule has 28 heavy (non-hydrogen) atoms. The van der Waals surface area contributed by atoms with Crippen molar-refractivity contribution in [1.82, 2.24) is 0 Å². The largest absolute Gasteiger partial charge is 0.508 e. The van der Waals surface area contributed by atoms with Gasteiger partial charge in [0.25, 0.3) is 6.26 Å². The Morgan fingerprint density at radius 2 is 1.39 bits per heavy atom. The van der Waals surface area contributed by atoms with Crippen molar-refractivity contribution in [3.63, 3.8) is 0 Å². The molecule has 7 heteroatoms. The number of hydrogen-bond donors (Lipinski definition) is 3. The van der Waals surface area contributed by atoms with Gasteiger partial charge < -0.3 is 24.8 Å². The van der Waals surface area contributed by atoms with E-state index >= 15 is 0 Å². The predicted octanol–water partition coefficient (Wildman–Crippen LogP) is 3.51. The second kappa shape index (κ2) is 6.21. The van der Waals surface area contributed by atoms with Crippen LogP contribution in [0.4, 0.5) is 0 Å². The second-order valence-corrected chi connectivity index (χ2v) is 6.18. The Kier molecular flexibility index (Phi) is 3.83. The van der Waals surface area contributed by atoms with Crippen LogP contribution >= 0.6 is 0 Å². The van der Waals surface area contributed by atoms with Gasteiger partial charge in [-0.2, -0.15) is 5.26 Å². The van der Waals surface area contributed by atoms with Gasteiger partial charge in [-0.15, -0.1) is 0 Å². The van der Waals surface area contributed by atoms with Crippen LogP contribution in [-0.4, -0.2) is 21.3 Å². The highest BCUT2D eigenvalue weighted by Gasteiger charge is 2.53. The van der Waals surface area contributed by atoms with Gasteiger partial charge in [0.2, 0.25) is 0 Å². The molecule has 1 spiro atoms. The van der Waals surface area contributed by atoms with Crippen LogP contribution in [0.15, 0.2) is 60.7 Å². The van der Waals surface area contributed by atoms with Gasteiger partial charge in [0, 0.05) is 28.8 Å². The summed E-state index contributed by atoms with van der Waals surface area (Å²) in [6.07, 6.45) is 0.750. The molecular formula is C21H13NO6. The first-order valence-electron chi connectivity index (χ1n) is 8.22. The molecule has 2 aliphatic rings. The average molecular weight is 375 g/mol. The van der Waals surface area contributed by atoms with Crippen LogP contribution in [-0.2, 0) is 10.3 Å². The Morgan fingerprint density at radius 3 is 1.96 bits per heavy atom. The molecule has 0 atom stereocenters. The Bertz CT molecular complexity index is 1100. The van der Waals surface area contributed by atoms with Crippen molar-refractivity contribution >= 4 is 5.97 Å². The van der Waals surface area contributed by atoms with Crippen molar-refractivity contribution in [2.45, 2.75) is 5.60 Å². The fourth-order valence-corrected chi connectivity index (χ4v) is 3.65. The number of benzene rings is 3. The van der Waals surface area contributed by atoms with E-state index in [1.807, 2.05) is 12.1 Å². The lowest BCUT2D eigenvalue weighted by Gasteiger charge is -2.36. The van der Waals surface area contributed by atoms with Crippen LogP contribution < -0.4 is 4.74 Å². The first kappa shape index (κ1) is 17.2. The van der Waals surface area contributed by atoms with Gasteiger partial charge in [-0.25, -0.2) is 4.79 Å². The molecule has 3 aromatic rings. The summed E-state index contributed by atoms with van der Waals surface area (Å²) in [7, 11) is 0. The number of phenolic OH excluding ortho intramolecular Hbond substituents is 2. The lowest BCUT2D eigenvalue weighted by molar-refractivity contribution is 0.0224. The SMILES string of the molecule is N#CO.O=C1OC2(c3ccc(O)cc3Oc3cc(O)ccc32)c2ccccc21. The highest BCUT2D eigenvalue weighted by molar-refractivity contribution is 5.97. The quantitative estimate of drug-likeness (QED) is 0.406. The monoisotopic (exact) mass is 375 g/mol. The summed E-state index contributed by atoms with van der Waals surface area (Å²) in [6.45, 7) is 0. The van der Waals surface area contributed by atoms with Gasteiger partial charge in [0.05, 0.1) is 5.56 Å². The molecule has 0 amide bonds. The van der Waals surface area contributed by atoms with Gasteiger partial charge in [0.1, 0.15) is 23.0 Å². The van der Waals surface area contributed by atoms with Gasteiger partial charge >= 0.3 is 5.97 Å². The fourth-order valence-electron chi connectivity index (χ4n) is 3.65. The average Bonchev–Trinajstić information content (AvgIpc) is 2.96. The molecule has 0 fully saturated rings. The number of carbonyl (C=O) groups excluding carboxylic acids is 1. The highest BCUT2D eigenvalue weighted by Crippen LogP contribution is 2.56. The standard InChI is InChI=1S/C20H12O5.CHNO/c21-11-5-7-15-17(9-11)24-18-10-12(22)6-8-16(18)20(15)14-4-2-1-3-13(14)19(23)25-20;2-1-3/h1-10,21-22H;3H. The normalized spacial score (nSPS) is 14.3. The van der Waals surface area contributed by atoms with E-state index in [2.05, 4.69) is 0 Å². The van der Waals surface area contributed by atoms with E-state index in [-0.39, 0.29) is 11.5 Å². The number of rotatable bonds is 0. The third-order valence-corrected chi connectivity index (χ3v) is 4.68. The Hall–Kier alpha value is -4.18. The van der Waals surface area contributed by atoms with E-state index in [1.54, 1.807) is 24.3 Å². The van der Waals surface area contributed by atoms with E-state index in [4.69, 9.17) is 19.8 Å². The lowest BCUT2D eigenvalue weighted by atomic mass is 9.77. The van der Waals surface area contributed by atoms with E-state index in [0.29, 0.717) is 33.8 Å². The number of nitriles is 1. The van der Waals surface area contributed by atoms with Crippen molar-refractivity contribution in [2.75, 3.05) is 0 Å². The number of nitrogens with zero attached hydrogens (tertiary/aromatic N) is 1. The molecule has 0 bridgehead atoms. The predicted molar refractivity (Wildman–Crippen MR) is 95.6 cm³/mol. The second-order valence-electron chi connectivity index (χ2n) is 6.18. The molecule has 3 aromatic carbocycles. The third-order valence-electron chi connectivity index (χ3n) is 4.68. The molecule has 0 aliphatic carbocycles. The minimum absolute atomic E-state index is 0.0371. The summed E-state index contributed by atoms with van der Waals surface area (Å²) in [5.74, 6) is 0.408. The van der Waals surface area contributed by atoms with E-state index in [0.717, 1.165) is 6.26 Å². The summed E-state index contributed by atoms with van der Waals surface area (Å²) in [6, 6.07) is 16.6. The molecule has 0 aromatic heterocycles. The fraction of sp³-hybridized carbons (Fsp3) is 0.0476. The third kappa shape index (κ3) is 2.32. The number of aromatic hydroxyl groups is 2. The molecule has 5 rings (SSSR count). The summed E-state index contributed by atoms with van der Waals surface area (Å²) >= 11 is 0. The zero-order valence-corrected chi connectivity index (χ0v) is 14.3. The van der Waals surface area contributed by atoms with Crippen molar-refractivity contribution < 1.29 is 29.6 Å². The minimum Gasteiger partial charge on any atom is -0.508 e. The van der Waals surface area contributed by atoms with Crippen molar-refractivity contribution in [2.24, 2.45) is 0 Å². The highest BCUT2D eigenvalue weighted by atomic mass is 16.6. The van der Waals surface area contributed by atoms with Crippen LogP contribution in [0, 0.1) is 11.5 Å². The van der Waals surface area contributed by atoms with Crippen LogP contribution in [0.5, 0.6) is 23.0 Å². The Morgan fingerprint density at radius 1 is 0.857 bits per heavy atom. The maximum Gasteiger partial charge on any atom is 0.340 e. The number of phenols is 2. The number of hydrogen-bond acceptors (Lipinski definition) is 7. The summed E-state index contributed by atoms with van der Waals surface area (Å²) in [4.78, 5) is 12.5. The molecule has 2 heterocycles. The number of aliphatic hydroxyl groups excluding tert-OH is 1. The molecular weight excluding hydrogens is 362 g/mol. The maximum absolute atomic E-state index is 12.5. The topological polar surface area (TPSA) is 120 Å². The van der Waals surface area contributed by atoms with Gasteiger partial charge in [-0.3, -0.25) is 0 Å². The van der Waals surface area contributed by atoms with Crippen molar-refractivity contribution in [3.05, 3.63) is 82.9 Å². The summed E-state index contributed by atoms with van der Waals surface area (Å²) in [5, 5.41) is 33.4. The van der Waals surface area contributed by atoms with E-state index < -0.39 is 11.6 Å². The van der Waals surface area contributed by atoms with Gasteiger partial charge in [0.15, 0.2) is 5.60 Å². The summed E-state index contributed by atoms with van der Waals surface area (Å²) in [5.41, 5.74) is 1.28. The number of fused-ring (bicyclic) bond motifs is 6. The number of carbonyl (C=O) groups is 1. The first-order chi connectivity index (χ1) is 13.5. The van der Waals surface area contributed by atoms with Crippen LogP contribution in [0.3, 0.4) is 0 Å². The van der Waals surface area contributed by atoms with Crippen LogP contribution in [0.2, 0.25) is 0 Å². The van der Waals surface area contributed by atoms with Crippen LogP contribution in [0.25, 0.3) is 0 Å². The van der Waals surface area contributed by atoms with E-state index in [9.17, 15) is 15.0 Å². The molecule has 0 unspecified atom stereocenters. The maximum atomic E-state index is 12.5. The molecule has 2 aliphatic heterocycles. The molecule has 7 nitrogen and oxygen atoms in total. The molecule has 3 N–H and O–H groups in total. The molecule has 0 saturated carbocycles. The first-order valence-corrected chi connectivity index (χ1v) is 8.22. The van der Waals surface area contributed by atoms with Crippen LogP contribution in [0.1, 0.15) is 27.0 Å². The van der Waals surface area contributed by atoms with Crippen molar-refractivity contribution in [3.8, 4) is 29.3 Å². The van der Waals surface area contributed by atoms with Crippen molar-refractivity contribution in [1.29, 1.82) is 5.26 Å². The smallest absolute Gasteiger partial charge is 0.340 e. The number of aliphatic hydroxyl groups is 1. The zero-order valence-electron chi connectivity index (χ0n) is 14.3. The Labute approximate surface area is 159 Å². The molecule has 138 valence electrons. The summed E-state index contributed by atoms with van der Waals surface area (Å²) < 4.78 is 11.8. The lowest BCUT2D eigenvalue weighted by Crippen LogP contribution is -2.32.